The smallest absolute Gasteiger partial charge is 0.334 e. The molecule has 4 unspecified atom stereocenters. The van der Waals surface area contributed by atoms with E-state index < -0.39 is 5.97 Å². The molecule has 0 amide bonds. The molecule has 0 aromatic carbocycles. The molecule has 5 rings (SSSR count). The van der Waals surface area contributed by atoms with Gasteiger partial charge in [-0.1, -0.05) is 39.8 Å². The van der Waals surface area contributed by atoms with Gasteiger partial charge < -0.3 is 9.47 Å². The standard InChI is InChI=1S/C27H40O4/c1-17(2)24(28)30-10-9-19(4)25(29)31-27(21-8-6-7-18(3)11-21)22-12-20-13-23(27)16-26(5,14-20)15-22/h18,20-23H,1,4,6-16H2,2-3,5H3. The molecule has 5 aliphatic carbocycles. The monoisotopic (exact) mass is 428 g/mol. The minimum atomic E-state index is -0.428. The van der Waals surface area contributed by atoms with E-state index >= 15 is 0 Å². The molecule has 0 aromatic heterocycles. The summed E-state index contributed by atoms with van der Waals surface area (Å²) in [5.74, 6) is 2.24. The van der Waals surface area contributed by atoms with Crippen LogP contribution in [0.2, 0.25) is 0 Å². The molecule has 4 atom stereocenters. The van der Waals surface area contributed by atoms with E-state index in [9.17, 15) is 9.59 Å². The van der Waals surface area contributed by atoms with E-state index in [4.69, 9.17) is 9.47 Å². The van der Waals surface area contributed by atoms with Gasteiger partial charge in [0.15, 0.2) is 0 Å². The normalized spacial score (nSPS) is 40.9. The maximum atomic E-state index is 13.3. The van der Waals surface area contributed by atoms with Crippen LogP contribution in [0.15, 0.2) is 24.3 Å². The number of carbonyl (C=O) groups is 2. The Morgan fingerprint density at radius 2 is 1.65 bits per heavy atom. The highest BCUT2D eigenvalue weighted by atomic mass is 16.6. The third kappa shape index (κ3) is 4.24. The number of hydrogen-bond acceptors (Lipinski definition) is 4. The predicted molar refractivity (Wildman–Crippen MR) is 121 cm³/mol. The van der Waals surface area contributed by atoms with Crippen molar-refractivity contribution >= 4 is 11.9 Å². The fraction of sp³-hybridized carbons (Fsp3) is 0.778. The summed E-state index contributed by atoms with van der Waals surface area (Å²) in [5.41, 5.74) is 0.887. The van der Waals surface area contributed by atoms with Gasteiger partial charge >= 0.3 is 11.9 Å². The highest BCUT2D eigenvalue weighted by Crippen LogP contribution is 2.67. The summed E-state index contributed by atoms with van der Waals surface area (Å²) in [5, 5.41) is 0. The maximum absolute atomic E-state index is 13.3. The van der Waals surface area contributed by atoms with E-state index in [2.05, 4.69) is 27.0 Å². The maximum Gasteiger partial charge on any atom is 0.334 e. The zero-order valence-electron chi connectivity index (χ0n) is 19.7. The molecule has 172 valence electrons. The second-order valence-corrected chi connectivity index (χ2v) is 11.6. The molecule has 4 heteroatoms. The summed E-state index contributed by atoms with van der Waals surface area (Å²) in [4.78, 5) is 24.9. The first-order valence-electron chi connectivity index (χ1n) is 12.4. The van der Waals surface area contributed by atoms with Crippen molar-refractivity contribution in [1.82, 2.24) is 0 Å². The third-order valence-corrected chi connectivity index (χ3v) is 8.89. The SMILES string of the molecule is C=C(C)C(=O)OCCC(=C)C(=O)OC1(C2CCCC(C)C2)C2CC3CC1CC(C)(C3)C2. The van der Waals surface area contributed by atoms with Crippen molar-refractivity contribution < 1.29 is 19.1 Å². The van der Waals surface area contributed by atoms with Gasteiger partial charge in [0.25, 0.3) is 0 Å². The molecule has 5 saturated carbocycles. The Morgan fingerprint density at radius 1 is 0.968 bits per heavy atom. The Labute approximate surface area is 187 Å². The molecule has 4 nitrogen and oxygen atoms in total. The van der Waals surface area contributed by atoms with Crippen LogP contribution in [-0.2, 0) is 19.1 Å². The average molecular weight is 429 g/mol. The summed E-state index contributed by atoms with van der Waals surface area (Å²) < 4.78 is 11.8. The van der Waals surface area contributed by atoms with Crippen molar-refractivity contribution in [2.45, 2.75) is 90.6 Å². The lowest BCUT2D eigenvalue weighted by molar-refractivity contribution is -0.244. The summed E-state index contributed by atoms with van der Waals surface area (Å²) in [7, 11) is 0. The highest BCUT2D eigenvalue weighted by Gasteiger charge is 2.65. The molecule has 4 bridgehead atoms. The van der Waals surface area contributed by atoms with Gasteiger partial charge in [0.05, 0.1) is 6.61 Å². The molecule has 0 spiro atoms. The van der Waals surface area contributed by atoms with Crippen LogP contribution in [0.5, 0.6) is 0 Å². The second-order valence-electron chi connectivity index (χ2n) is 11.6. The van der Waals surface area contributed by atoms with Crippen molar-refractivity contribution in [3.8, 4) is 0 Å². The van der Waals surface area contributed by atoms with Crippen molar-refractivity contribution in [2.24, 2.45) is 35.0 Å². The van der Waals surface area contributed by atoms with Gasteiger partial charge in [-0.15, -0.1) is 0 Å². The first-order chi connectivity index (χ1) is 14.6. The third-order valence-electron chi connectivity index (χ3n) is 8.89. The van der Waals surface area contributed by atoms with Crippen LogP contribution in [-0.4, -0.2) is 24.1 Å². The summed E-state index contributed by atoms with van der Waals surface area (Å²) in [6.07, 6.45) is 11.4. The molecule has 0 radical (unpaired) electrons. The summed E-state index contributed by atoms with van der Waals surface area (Å²) >= 11 is 0. The largest absolute Gasteiger partial charge is 0.462 e. The van der Waals surface area contributed by atoms with Crippen LogP contribution in [0.1, 0.15) is 85.0 Å². The van der Waals surface area contributed by atoms with Gasteiger partial charge in [0, 0.05) is 29.4 Å². The number of rotatable bonds is 7. The van der Waals surface area contributed by atoms with Crippen LogP contribution in [0.3, 0.4) is 0 Å². The molecular weight excluding hydrogens is 388 g/mol. The fourth-order valence-corrected chi connectivity index (χ4v) is 7.88. The molecule has 0 N–H and O–H groups in total. The summed E-state index contributed by atoms with van der Waals surface area (Å²) in [6.45, 7) is 14.2. The minimum absolute atomic E-state index is 0.139. The lowest BCUT2D eigenvalue weighted by atomic mass is 9.42. The number of esters is 2. The van der Waals surface area contributed by atoms with E-state index in [1.807, 2.05) is 0 Å². The predicted octanol–water partition coefficient (Wildman–Crippen LogP) is 6.01. The number of hydrogen-bond donors (Lipinski definition) is 0. The first kappa shape index (κ1) is 22.6. The Kier molecular flexibility index (Phi) is 6.13. The topological polar surface area (TPSA) is 52.6 Å². The van der Waals surface area contributed by atoms with Gasteiger partial charge in [0.1, 0.15) is 5.60 Å². The second kappa shape index (κ2) is 8.41. The van der Waals surface area contributed by atoms with E-state index in [-0.39, 0.29) is 18.2 Å². The van der Waals surface area contributed by atoms with Crippen LogP contribution >= 0.6 is 0 Å². The van der Waals surface area contributed by atoms with Gasteiger partial charge in [-0.3, -0.25) is 0 Å². The van der Waals surface area contributed by atoms with Gasteiger partial charge in [-0.2, -0.15) is 0 Å². The Hall–Kier alpha value is -1.58. The fourth-order valence-electron chi connectivity index (χ4n) is 7.88. The van der Waals surface area contributed by atoms with E-state index in [1.54, 1.807) is 6.92 Å². The van der Waals surface area contributed by atoms with Crippen molar-refractivity contribution in [1.29, 1.82) is 0 Å². The Bertz CT molecular complexity index is 741. The zero-order valence-corrected chi connectivity index (χ0v) is 19.7. The Morgan fingerprint density at radius 3 is 2.23 bits per heavy atom. The molecular formula is C27H40O4. The van der Waals surface area contributed by atoms with Crippen molar-refractivity contribution in [3.05, 3.63) is 24.3 Å². The molecule has 5 aliphatic rings. The van der Waals surface area contributed by atoms with Crippen LogP contribution < -0.4 is 0 Å². The molecule has 0 aliphatic heterocycles. The van der Waals surface area contributed by atoms with Crippen LogP contribution in [0, 0.1) is 35.0 Å². The molecule has 31 heavy (non-hydrogen) atoms. The van der Waals surface area contributed by atoms with Crippen LogP contribution in [0.25, 0.3) is 0 Å². The van der Waals surface area contributed by atoms with Crippen molar-refractivity contribution in [3.63, 3.8) is 0 Å². The first-order valence-corrected chi connectivity index (χ1v) is 12.4. The molecule has 5 fully saturated rings. The van der Waals surface area contributed by atoms with E-state index in [0.717, 1.165) is 5.92 Å². The molecule has 0 heterocycles. The van der Waals surface area contributed by atoms with E-state index in [1.165, 1.54) is 57.8 Å². The van der Waals surface area contributed by atoms with Gasteiger partial charge in [-0.05, 0) is 75.0 Å². The van der Waals surface area contributed by atoms with E-state index in [0.29, 0.717) is 46.7 Å². The highest BCUT2D eigenvalue weighted by molar-refractivity contribution is 5.89. The number of ether oxygens (including phenoxy) is 2. The quantitative estimate of drug-likeness (QED) is 0.368. The zero-order chi connectivity index (χ0) is 22.4. The Balaban J connectivity index is 1.51. The average Bonchev–Trinajstić information content (AvgIpc) is 2.69. The van der Waals surface area contributed by atoms with Gasteiger partial charge in [-0.25, -0.2) is 9.59 Å². The van der Waals surface area contributed by atoms with Crippen LogP contribution in [0.4, 0.5) is 0 Å². The van der Waals surface area contributed by atoms with Gasteiger partial charge in [0.2, 0.25) is 0 Å². The lowest BCUT2D eigenvalue weighted by Gasteiger charge is -2.66. The molecule has 0 saturated heterocycles. The number of carbonyl (C=O) groups excluding carboxylic acids is 2. The van der Waals surface area contributed by atoms with Crippen molar-refractivity contribution in [2.75, 3.05) is 6.61 Å². The minimum Gasteiger partial charge on any atom is -0.462 e. The summed E-state index contributed by atoms with van der Waals surface area (Å²) in [6, 6.07) is 0. The lowest BCUT2D eigenvalue weighted by Crippen LogP contribution is -2.65. The molecule has 0 aromatic rings.